The predicted molar refractivity (Wildman–Crippen MR) is 37.6 cm³/mol. The van der Waals surface area contributed by atoms with E-state index in [1.54, 1.807) is 0 Å². The minimum Gasteiger partial charge on any atom is -0.241 e. The zero-order valence-corrected chi connectivity index (χ0v) is 6.15. The Kier molecular flexibility index (Phi) is 2.45. The van der Waals surface area contributed by atoms with Crippen molar-refractivity contribution in [3.05, 3.63) is 0 Å². The lowest BCUT2D eigenvalue weighted by Gasteiger charge is -2.18. The second kappa shape index (κ2) is 3.15. The van der Waals surface area contributed by atoms with E-state index in [1.807, 2.05) is 0 Å². The summed E-state index contributed by atoms with van der Waals surface area (Å²) in [6.07, 6.45) is 1.25. The third kappa shape index (κ3) is 2.30. The molecule has 0 aromatic carbocycles. The molecule has 0 radical (unpaired) electrons. The van der Waals surface area contributed by atoms with E-state index in [9.17, 15) is 0 Å². The highest BCUT2D eigenvalue weighted by Gasteiger charge is 2.09. The van der Waals surface area contributed by atoms with E-state index in [0.29, 0.717) is 6.04 Å². The lowest BCUT2D eigenvalue weighted by molar-refractivity contribution is 0.146. The van der Waals surface area contributed by atoms with Gasteiger partial charge in [-0.2, -0.15) is 5.12 Å². The van der Waals surface area contributed by atoms with Crippen molar-refractivity contribution in [1.29, 1.82) is 0 Å². The van der Waals surface area contributed by atoms with Gasteiger partial charge >= 0.3 is 0 Å². The SMILES string of the molecule is CC(C)NN1CCCN1. The fourth-order valence-electron chi connectivity index (χ4n) is 0.952. The average molecular weight is 129 g/mol. The van der Waals surface area contributed by atoms with Crippen molar-refractivity contribution >= 4 is 0 Å². The Morgan fingerprint density at radius 2 is 2.33 bits per heavy atom. The van der Waals surface area contributed by atoms with Gasteiger partial charge in [-0.3, -0.25) is 0 Å². The van der Waals surface area contributed by atoms with Crippen LogP contribution in [0.15, 0.2) is 0 Å². The summed E-state index contributed by atoms with van der Waals surface area (Å²) in [5.41, 5.74) is 6.47. The lowest BCUT2D eigenvalue weighted by Crippen LogP contribution is -2.46. The highest BCUT2D eigenvalue weighted by molar-refractivity contribution is 4.58. The molecule has 2 N–H and O–H groups in total. The first-order valence-corrected chi connectivity index (χ1v) is 3.56. The topological polar surface area (TPSA) is 27.3 Å². The zero-order valence-electron chi connectivity index (χ0n) is 6.15. The summed E-state index contributed by atoms with van der Waals surface area (Å²) in [5, 5.41) is 2.06. The van der Waals surface area contributed by atoms with E-state index in [4.69, 9.17) is 0 Å². The van der Waals surface area contributed by atoms with E-state index < -0.39 is 0 Å². The van der Waals surface area contributed by atoms with Gasteiger partial charge in [-0.05, 0) is 20.3 Å². The first kappa shape index (κ1) is 6.99. The monoisotopic (exact) mass is 129 g/mol. The summed E-state index contributed by atoms with van der Waals surface area (Å²) >= 11 is 0. The number of hydrogen-bond donors (Lipinski definition) is 2. The quantitative estimate of drug-likeness (QED) is 0.554. The van der Waals surface area contributed by atoms with Crippen LogP contribution in [0, 0.1) is 0 Å². The van der Waals surface area contributed by atoms with Crippen LogP contribution in [-0.2, 0) is 0 Å². The first-order valence-electron chi connectivity index (χ1n) is 3.56. The van der Waals surface area contributed by atoms with Gasteiger partial charge in [0.15, 0.2) is 0 Å². The molecular formula is C6H15N3. The fourth-order valence-corrected chi connectivity index (χ4v) is 0.952. The van der Waals surface area contributed by atoms with Crippen LogP contribution in [0.25, 0.3) is 0 Å². The zero-order chi connectivity index (χ0) is 6.69. The molecule has 0 saturated carbocycles. The van der Waals surface area contributed by atoms with Gasteiger partial charge in [0, 0.05) is 19.1 Å². The van der Waals surface area contributed by atoms with Crippen LogP contribution in [0.1, 0.15) is 20.3 Å². The highest BCUT2D eigenvalue weighted by Crippen LogP contribution is 1.92. The Morgan fingerprint density at radius 3 is 2.78 bits per heavy atom. The molecule has 0 unspecified atom stereocenters. The normalized spacial score (nSPS) is 21.7. The molecule has 0 amide bonds. The van der Waals surface area contributed by atoms with E-state index in [2.05, 4.69) is 29.8 Å². The van der Waals surface area contributed by atoms with Gasteiger partial charge in [-0.25, -0.2) is 10.9 Å². The average Bonchev–Trinajstić information content (AvgIpc) is 2.15. The third-order valence-electron chi connectivity index (χ3n) is 1.28. The molecule has 0 spiro atoms. The predicted octanol–water partition coefficient (Wildman–Crippen LogP) is 0.110. The van der Waals surface area contributed by atoms with Crippen molar-refractivity contribution in [3.63, 3.8) is 0 Å². The largest absolute Gasteiger partial charge is 0.241 e. The molecule has 1 rings (SSSR count). The molecule has 1 heterocycles. The molecule has 0 atom stereocenters. The van der Waals surface area contributed by atoms with Crippen molar-refractivity contribution < 1.29 is 0 Å². The standard InChI is InChI=1S/C6H15N3/c1-6(2)8-9-5-3-4-7-9/h6-8H,3-5H2,1-2H3. The molecule has 1 saturated heterocycles. The van der Waals surface area contributed by atoms with Gasteiger partial charge in [0.25, 0.3) is 0 Å². The molecule has 0 bridgehead atoms. The van der Waals surface area contributed by atoms with Gasteiger partial charge in [-0.15, -0.1) is 0 Å². The first-order chi connectivity index (χ1) is 4.29. The van der Waals surface area contributed by atoms with Crippen molar-refractivity contribution in [2.75, 3.05) is 13.1 Å². The maximum atomic E-state index is 3.26. The molecule has 9 heavy (non-hydrogen) atoms. The number of rotatable bonds is 2. The van der Waals surface area contributed by atoms with E-state index in [1.165, 1.54) is 6.42 Å². The molecule has 54 valence electrons. The number of hydrogen-bond acceptors (Lipinski definition) is 3. The Bertz CT molecular complexity index is 76.4. The maximum Gasteiger partial charge on any atom is 0.0300 e. The maximum absolute atomic E-state index is 3.26. The van der Waals surface area contributed by atoms with Crippen LogP contribution < -0.4 is 10.9 Å². The second-order valence-electron chi connectivity index (χ2n) is 2.70. The summed E-state index contributed by atoms with van der Waals surface area (Å²) in [5.74, 6) is 0. The van der Waals surface area contributed by atoms with E-state index in [0.717, 1.165) is 13.1 Å². The number of nitrogens with one attached hydrogen (secondary N) is 2. The Morgan fingerprint density at radius 1 is 1.56 bits per heavy atom. The van der Waals surface area contributed by atoms with Crippen molar-refractivity contribution in [3.8, 4) is 0 Å². The molecule has 3 heteroatoms. The minimum absolute atomic E-state index is 0.538. The van der Waals surface area contributed by atoms with E-state index in [-0.39, 0.29) is 0 Å². The lowest BCUT2D eigenvalue weighted by atomic mass is 10.4. The number of hydrazine groups is 2. The Balaban J connectivity index is 2.11. The molecule has 0 aromatic heterocycles. The van der Waals surface area contributed by atoms with E-state index >= 15 is 0 Å². The summed E-state index contributed by atoms with van der Waals surface area (Å²) in [7, 11) is 0. The van der Waals surface area contributed by atoms with Crippen molar-refractivity contribution in [2.45, 2.75) is 26.3 Å². The Labute approximate surface area is 56.4 Å². The molecule has 0 aliphatic carbocycles. The van der Waals surface area contributed by atoms with Gasteiger partial charge in [0.1, 0.15) is 0 Å². The molecule has 0 aromatic rings. The van der Waals surface area contributed by atoms with Gasteiger partial charge in [0.05, 0.1) is 0 Å². The minimum atomic E-state index is 0.538. The summed E-state index contributed by atoms with van der Waals surface area (Å²) in [4.78, 5) is 0. The molecule has 3 nitrogen and oxygen atoms in total. The van der Waals surface area contributed by atoms with Gasteiger partial charge in [0.2, 0.25) is 0 Å². The summed E-state index contributed by atoms with van der Waals surface area (Å²) < 4.78 is 0. The van der Waals surface area contributed by atoms with Gasteiger partial charge in [-0.1, -0.05) is 0 Å². The molecular weight excluding hydrogens is 114 g/mol. The van der Waals surface area contributed by atoms with Crippen molar-refractivity contribution in [2.24, 2.45) is 0 Å². The molecule has 1 aliphatic rings. The van der Waals surface area contributed by atoms with Crippen LogP contribution >= 0.6 is 0 Å². The highest BCUT2D eigenvalue weighted by atomic mass is 15.7. The second-order valence-corrected chi connectivity index (χ2v) is 2.70. The van der Waals surface area contributed by atoms with Crippen LogP contribution in [0.2, 0.25) is 0 Å². The van der Waals surface area contributed by atoms with Crippen molar-refractivity contribution in [1.82, 2.24) is 16.0 Å². The third-order valence-corrected chi connectivity index (χ3v) is 1.28. The van der Waals surface area contributed by atoms with Gasteiger partial charge < -0.3 is 0 Å². The summed E-state index contributed by atoms with van der Waals surface area (Å²) in [6, 6.07) is 0.538. The fraction of sp³-hybridized carbons (Fsp3) is 1.00. The Hall–Kier alpha value is -0.120. The van der Waals surface area contributed by atoms with Crippen LogP contribution in [0.4, 0.5) is 0 Å². The van der Waals surface area contributed by atoms with Crippen LogP contribution in [0.5, 0.6) is 0 Å². The molecule has 1 aliphatic heterocycles. The molecule has 1 fully saturated rings. The number of nitrogens with zero attached hydrogens (tertiary/aromatic N) is 1. The summed E-state index contributed by atoms with van der Waals surface area (Å²) in [6.45, 7) is 6.51. The van der Waals surface area contributed by atoms with Crippen LogP contribution in [-0.4, -0.2) is 24.2 Å². The van der Waals surface area contributed by atoms with Crippen LogP contribution in [0.3, 0.4) is 0 Å². The smallest absolute Gasteiger partial charge is 0.0300 e.